The van der Waals surface area contributed by atoms with Crippen LogP contribution < -0.4 is 16.2 Å². The molecule has 7 heteroatoms. The average Bonchev–Trinajstić information content (AvgIpc) is 2.31. The van der Waals surface area contributed by atoms with Crippen molar-refractivity contribution in [3.63, 3.8) is 0 Å². The number of nitrogens with two attached hydrogens (primary N) is 1. The van der Waals surface area contributed by atoms with E-state index in [4.69, 9.17) is 10.9 Å². The second kappa shape index (κ2) is 6.46. The third-order valence-electron chi connectivity index (χ3n) is 2.50. The van der Waals surface area contributed by atoms with Crippen LogP contribution in [0.3, 0.4) is 0 Å². The standard InChI is InChI=1S/C11H18F2N4O/c1-7(2)17(4-3-5-18)11-9(13)6-8(12)10(15-11)16-14/h6-7,18H,3-5,14H2,1-2H3,(H,15,16). The molecule has 0 saturated heterocycles. The van der Waals surface area contributed by atoms with Crippen molar-refractivity contribution in [3.8, 4) is 0 Å². The molecule has 0 radical (unpaired) electrons. The smallest absolute Gasteiger partial charge is 0.178 e. The number of nitrogens with one attached hydrogen (secondary N) is 1. The highest BCUT2D eigenvalue weighted by Crippen LogP contribution is 2.23. The van der Waals surface area contributed by atoms with Gasteiger partial charge in [0.1, 0.15) is 0 Å². The van der Waals surface area contributed by atoms with E-state index in [1.165, 1.54) is 0 Å². The number of hydrazine groups is 1. The van der Waals surface area contributed by atoms with Crippen molar-refractivity contribution in [2.75, 3.05) is 23.5 Å². The van der Waals surface area contributed by atoms with Gasteiger partial charge in [0.15, 0.2) is 23.3 Å². The Morgan fingerprint density at radius 2 is 2.11 bits per heavy atom. The average molecular weight is 260 g/mol. The summed E-state index contributed by atoms with van der Waals surface area (Å²) in [7, 11) is 0. The maximum Gasteiger partial charge on any atom is 0.178 e. The van der Waals surface area contributed by atoms with E-state index in [0.717, 1.165) is 6.07 Å². The van der Waals surface area contributed by atoms with Crippen LogP contribution in [0.4, 0.5) is 20.4 Å². The summed E-state index contributed by atoms with van der Waals surface area (Å²) in [5.74, 6) is 3.33. The molecule has 0 aliphatic heterocycles. The van der Waals surface area contributed by atoms with Gasteiger partial charge in [-0.25, -0.2) is 19.6 Å². The van der Waals surface area contributed by atoms with Gasteiger partial charge in [-0.2, -0.15) is 0 Å². The highest BCUT2D eigenvalue weighted by Gasteiger charge is 2.19. The number of aromatic nitrogens is 1. The fourth-order valence-electron chi connectivity index (χ4n) is 1.61. The van der Waals surface area contributed by atoms with Crippen molar-refractivity contribution in [1.82, 2.24) is 4.98 Å². The van der Waals surface area contributed by atoms with Crippen LogP contribution in [0.25, 0.3) is 0 Å². The lowest BCUT2D eigenvalue weighted by Crippen LogP contribution is -2.34. The minimum atomic E-state index is -0.843. The summed E-state index contributed by atoms with van der Waals surface area (Å²) in [5, 5.41) is 8.82. The van der Waals surface area contributed by atoms with Gasteiger partial charge in [-0.05, 0) is 20.3 Å². The van der Waals surface area contributed by atoms with E-state index in [-0.39, 0.29) is 24.3 Å². The third-order valence-corrected chi connectivity index (χ3v) is 2.50. The normalized spacial score (nSPS) is 10.8. The molecule has 0 unspecified atom stereocenters. The molecule has 0 aliphatic rings. The highest BCUT2D eigenvalue weighted by molar-refractivity contribution is 5.49. The Bertz CT molecular complexity index is 401. The Hall–Kier alpha value is -1.47. The van der Waals surface area contributed by atoms with Crippen molar-refractivity contribution >= 4 is 11.6 Å². The number of nitrogen functional groups attached to an aromatic ring is 1. The van der Waals surface area contributed by atoms with Crippen LogP contribution in [0.15, 0.2) is 6.07 Å². The first-order chi connectivity index (χ1) is 8.51. The first-order valence-electron chi connectivity index (χ1n) is 5.71. The number of rotatable bonds is 6. The zero-order valence-corrected chi connectivity index (χ0v) is 10.5. The molecule has 1 aromatic heterocycles. The predicted molar refractivity (Wildman–Crippen MR) is 66.1 cm³/mol. The van der Waals surface area contributed by atoms with E-state index in [9.17, 15) is 8.78 Å². The summed E-state index contributed by atoms with van der Waals surface area (Å²) in [6.07, 6.45) is 0.474. The molecule has 0 saturated carbocycles. The van der Waals surface area contributed by atoms with Crippen molar-refractivity contribution in [2.24, 2.45) is 5.84 Å². The molecule has 4 N–H and O–H groups in total. The van der Waals surface area contributed by atoms with E-state index in [2.05, 4.69) is 10.4 Å². The van der Waals surface area contributed by atoms with Gasteiger partial charge in [0, 0.05) is 25.3 Å². The second-order valence-electron chi connectivity index (χ2n) is 4.13. The third kappa shape index (κ3) is 3.27. The van der Waals surface area contributed by atoms with Gasteiger partial charge in [0.05, 0.1) is 0 Å². The fourth-order valence-corrected chi connectivity index (χ4v) is 1.61. The molecule has 0 aromatic carbocycles. The Kier molecular flexibility index (Phi) is 5.24. The van der Waals surface area contributed by atoms with Crippen molar-refractivity contribution in [3.05, 3.63) is 17.7 Å². The number of pyridine rings is 1. The van der Waals surface area contributed by atoms with E-state index in [1.807, 2.05) is 13.8 Å². The Balaban J connectivity index is 3.10. The van der Waals surface area contributed by atoms with E-state index in [0.29, 0.717) is 13.0 Å². The lowest BCUT2D eigenvalue weighted by atomic mass is 10.2. The summed E-state index contributed by atoms with van der Waals surface area (Å²) < 4.78 is 27.0. The van der Waals surface area contributed by atoms with Crippen LogP contribution in [0, 0.1) is 11.6 Å². The first-order valence-corrected chi connectivity index (χ1v) is 5.71. The first kappa shape index (κ1) is 14.6. The summed E-state index contributed by atoms with van der Waals surface area (Å²) in [6.45, 7) is 4.14. The van der Waals surface area contributed by atoms with Gasteiger partial charge >= 0.3 is 0 Å². The SMILES string of the molecule is CC(C)N(CCCO)c1nc(NN)c(F)cc1F. The highest BCUT2D eigenvalue weighted by atomic mass is 19.1. The number of aliphatic hydroxyl groups excluding tert-OH is 1. The van der Waals surface area contributed by atoms with Gasteiger partial charge in [0.2, 0.25) is 0 Å². The minimum Gasteiger partial charge on any atom is -0.396 e. The monoisotopic (exact) mass is 260 g/mol. The van der Waals surface area contributed by atoms with E-state index < -0.39 is 11.6 Å². The number of anilines is 2. The lowest BCUT2D eigenvalue weighted by molar-refractivity contribution is 0.288. The molecule has 0 bridgehead atoms. The van der Waals surface area contributed by atoms with Crippen LogP contribution in [0.5, 0.6) is 0 Å². The summed E-state index contributed by atoms with van der Waals surface area (Å²) in [4.78, 5) is 5.47. The molecule has 5 nitrogen and oxygen atoms in total. The van der Waals surface area contributed by atoms with Gasteiger partial charge in [-0.15, -0.1) is 0 Å². The zero-order chi connectivity index (χ0) is 13.7. The number of nitrogens with zero attached hydrogens (tertiary/aromatic N) is 2. The van der Waals surface area contributed by atoms with Crippen molar-refractivity contribution in [1.29, 1.82) is 0 Å². The van der Waals surface area contributed by atoms with E-state index in [1.54, 1.807) is 4.90 Å². The van der Waals surface area contributed by atoms with Gasteiger partial charge in [0.25, 0.3) is 0 Å². The Morgan fingerprint density at radius 1 is 1.44 bits per heavy atom. The van der Waals surface area contributed by atoms with Crippen LogP contribution >= 0.6 is 0 Å². The maximum atomic E-state index is 13.7. The molecule has 1 aromatic rings. The molecule has 0 atom stereocenters. The van der Waals surface area contributed by atoms with Crippen molar-refractivity contribution < 1.29 is 13.9 Å². The van der Waals surface area contributed by atoms with Crippen LogP contribution in [0.2, 0.25) is 0 Å². The quantitative estimate of drug-likeness (QED) is 0.530. The molecular weight excluding hydrogens is 242 g/mol. The van der Waals surface area contributed by atoms with Gasteiger partial charge in [-0.3, -0.25) is 0 Å². The molecule has 1 heterocycles. The number of hydrogen-bond acceptors (Lipinski definition) is 5. The maximum absolute atomic E-state index is 13.7. The molecule has 18 heavy (non-hydrogen) atoms. The molecular formula is C11H18F2N4O. The van der Waals surface area contributed by atoms with Gasteiger partial charge in [-0.1, -0.05) is 0 Å². The van der Waals surface area contributed by atoms with Crippen LogP contribution in [0.1, 0.15) is 20.3 Å². The Labute approximate surface area is 105 Å². The number of aliphatic hydroxyl groups is 1. The Morgan fingerprint density at radius 3 is 2.61 bits per heavy atom. The lowest BCUT2D eigenvalue weighted by Gasteiger charge is -2.28. The van der Waals surface area contributed by atoms with E-state index >= 15 is 0 Å². The number of hydrogen-bond donors (Lipinski definition) is 3. The van der Waals surface area contributed by atoms with Crippen molar-refractivity contribution in [2.45, 2.75) is 26.3 Å². The molecule has 102 valence electrons. The minimum absolute atomic E-state index is 0.00592. The van der Waals surface area contributed by atoms with Gasteiger partial charge < -0.3 is 15.4 Å². The summed E-state index contributed by atoms with van der Waals surface area (Å²) >= 11 is 0. The van der Waals surface area contributed by atoms with Crippen LogP contribution in [-0.4, -0.2) is 29.3 Å². The molecule has 0 fully saturated rings. The number of halogens is 2. The molecule has 0 amide bonds. The summed E-state index contributed by atoms with van der Waals surface area (Å²) in [6, 6.07) is 0.709. The summed E-state index contributed by atoms with van der Waals surface area (Å²) in [5.41, 5.74) is 2.08. The zero-order valence-electron chi connectivity index (χ0n) is 10.5. The largest absolute Gasteiger partial charge is 0.396 e. The fraction of sp³-hybridized carbons (Fsp3) is 0.545. The van der Waals surface area contributed by atoms with Crippen LogP contribution in [-0.2, 0) is 0 Å². The molecule has 1 rings (SSSR count). The second-order valence-corrected chi connectivity index (χ2v) is 4.13. The predicted octanol–water partition coefficient (Wildman–Crippen LogP) is 1.24. The molecule has 0 spiro atoms. The topological polar surface area (TPSA) is 74.4 Å². The molecule has 0 aliphatic carbocycles.